The molecule has 0 bridgehead atoms. The normalized spacial score (nSPS) is 24.3. The smallest absolute Gasteiger partial charge is 0.303 e. The van der Waals surface area contributed by atoms with Crippen LogP contribution in [0, 0.1) is 29.1 Å². The van der Waals surface area contributed by atoms with Gasteiger partial charge in [-0.2, -0.15) is 0 Å². The van der Waals surface area contributed by atoms with Crippen LogP contribution in [0.2, 0.25) is 0 Å². The molecule has 0 aromatic rings. The summed E-state index contributed by atoms with van der Waals surface area (Å²) in [6.45, 7) is 5.62. The highest BCUT2D eigenvalue weighted by molar-refractivity contribution is 5.84. The predicted octanol–water partition coefficient (Wildman–Crippen LogP) is 3.11. The third kappa shape index (κ3) is 7.70. The number of allylic oxidation sites excluding steroid dienone is 2. The number of carboxylic acid groups (broad SMARTS) is 1. The summed E-state index contributed by atoms with van der Waals surface area (Å²) in [5.74, 6) is 4.40. The van der Waals surface area contributed by atoms with Crippen molar-refractivity contribution in [2.45, 2.75) is 71.5 Å². The minimum atomic E-state index is -0.811. The second-order valence-corrected chi connectivity index (χ2v) is 7.84. The van der Waals surface area contributed by atoms with E-state index in [1.54, 1.807) is 19.1 Å². The Morgan fingerprint density at radius 3 is 2.70 bits per heavy atom. The Kier molecular flexibility index (Phi) is 9.48. The van der Waals surface area contributed by atoms with Crippen molar-refractivity contribution < 1.29 is 24.9 Å². The Hall–Kier alpha value is -1.90. The first-order chi connectivity index (χ1) is 12.7. The minimum absolute atomic E-state index is 0.0259. The fourth-order valence-electron chi connectivity index (χ4n) is 3.17. The van der Waals surface area contributed by atoms with Gasteiger partial charge in [-0.05, 0) is 26.2 Å². The molecule has 4 atom stereocenters. The lowest BCUT2D eigenvalue weighted by atomic mass is 9.82. The quantitative estimate of drug-likeness (QED) is 0.309. The Balaban J connectivity index is 2.67. The molecule has 0 spiro atoms. The van der Waals surface area contributed by atoms with Gasteiger partial charge in [-0.1, -0.05) is 38.2 Å². The summed E-state index contributed by atoms with van der Waals surface area (Å²) in [6.07, 6.45) is 8.34. The van der Waals surface area contributed by atoms with E-state index in [2.05, 4.69) is 11.8 Å². The van der Waals surface area contributed by atoms with Crippen LogP contribution in [-0.2, 0) is 9.59 Å². The van der Waals surface area contributed by atoms with Crippen molar-refractivity contribution in [2.24, 2.45) is 17.3 Å². The second kappa shape index (κ2) is 11.1. The highest BCUT2D eigenvalue weighted by atomic mass is 16.4. The highest BCUT2D eigenvalue weighted by Gasteiger charge is 2.39. The van der Waals surface area contributed by atoms with Gasteiger partial charge in [-0.3, -0.25) is 9.59 Å². The number of hydrogen-bond acceptors (Lipinski definition) is 4. The van der Waals surface area contributed by atoms with E-state index in [4.69, 9.17) is 5.11 Å². The molecule has 1 aliphatic rings. The fraction of sp³-hybridized carbons (Fsp3) is 0.636. The highest BCUT2D eigenvalue weighted by Crippen LogP contribution is 2.34. The van der Waals surface area contributed by atoms with E-state index in [9.17, 15) is 19.8 Å². The van der Waals surface area contributed by atoms with Gasteiger partial charge in [0.25, 0.3) is 0 Å². The van der Waals surface area contributed by atoms with Crippen LogP contribution in [0.3, 0.4) is 0 Å². The van der Waals surface area contributed by atoms with Crippen molar-refractivity contribution in [1.82, 2.24) is 0 Å². The van der Waals surface area contributed by atoms with Crippen LogP contribution in [0.25, 0.3) is 0 Å². The number of aliphatic hydroxyl groups excluding tert-OH is 2. The van der Waals surface area contributed by atoms with E-state index in [1.165, 1.54) is 0 Å². The zero-order valence-corrected chi connectivity index (χ0v) is 16.5. The molecule has 5 nitrogen and oxygen atoms in total. The molecular weight excluding hydrogens is 344 g/mol. The molecule has 0 aromatic heterocycles. The first-order valence-corrected chi connectivity index (χ1v) is 9.52. The molecule has 1 saturated carbocycles. The van der Waals surface area contributed by atoms with Gasteiger partial charge in [0.05, 0.1) is 12.2 Å². The lowest BCUT2D eigenvalue weighted by molar-refractivity contribution is -0.137. The van der Waals surface area contributed by atoms with Gasteiger partial charge in [0, 0.05) is 36.5 Å². The third-order valence-corrected chi connectivity index (χ3v) is 5.09. The summed E-state index contributed by atoms with van der Waals surface area (Å²) in [6, 6.07) is 0. The minimum Gasteiger partial charge on any atom is -0.481 e. The maximum absolute atomic E-state index is 12.2. The molecule has 0 amide bonds. The molecule has 0 heterocycles. The first kappa shape index (κ1) is 23.1. The van der Waals surface area contributed by atoms with Crippen molar-refractivity contribution >= 4 is 11.8 Å². The fourth-order valence-corrected chi connectivity index (χ4v) is 3.17. The zero-order valence-electron chi connectivity index (χ0n) is 16.5. The number of rotatable bonds is 10. The standard InChI is InChI=1S/C22H32O5/c1-4-5-14-22(2,3)20(25)13-12-17-16(18(23)15-19(17)24)10-8-6-7-9-11-21(26)27/h6,8,12-13,16-17,19-20,24-25H,7,9-11,14-15H2,1-3H3,(H,26,27)/b8-6-,13-12+/t16-,17-,19-,20-/m1/s1. The summed E-state index contributed by atoms with van der Waals surface area (Å²) in [5, 5.41) is 29.3. The van der Waals surface area contributed by atoms with Crippen molar-refractivity contribution in [3.05, 3.63) is 24.3 Å². The van der Waals surface area contributed by atoms with Crippen LogP contribution in [0.4, 0.5) is 0 Å². The molecule has 0 unspecified atom stereocenters. The average Bonchev–Trinajstić information content (AvgIpc) is 2.86. The molecule has 150 valence electrons. The first-order valence-electron chi connectivity index (χ1n) is 9.52. The summed E-state index contributed by atoms with van der Waals surface area (Å²) < 4.78 is 0. The van der Waals surface area contributed by atoms with Crippen LogP contribution in [-0.4, -0.2) is 39.3 Å². The number of ketones is 1. The number of hydrogen-bond donors (Lipinski definition) is 3. The van der Waals surface area contributed by atoms with Crippen LogP contribution in [0.5, 0.6) is 0 Å². The van der Waals surface area contributed by atoms with E-state index in [0.29, 0.717) is 25.7 Å². The Morgan fingerprint density at radius 2 is 2.07 bits per heavy atom. The van der Waals surface area contributed by atoms with E-state index in [0.717, 1.165) is 0 Å². The number of aliphatic hydroxyl groups is 2. The number of Topliss-reactive ketones (excluding diaryl/α,β-unsaturated/α-hetero) is 1. The summed E-state index contributed by atoms with van der Waals surface area (Å²) in [4.78, 5) is 22.7. The number of carbonyl (C=O) groups is 2. The molecule has 0 radical (unpaired) electrons. The SMILES string of the molecule is CC#CCC(C)(C)[C@H](O)/C=C/[C@H]1[C@H](O)CC(=O)[C@@H]1C/C=C\CCCC(=O)O. The summed E-state index contributed by atoms with van der Waals surface area (Å²) in [5.41, 5.74) is -0.410. The average molecular weight is 376 g/mol. The largest absolute Gasteiger partial charge is 0.481 e. The molecule has 0 aromatic carbocycles. The summed E-state index contributed by atoms with van der Waals surface area (Å²) in [7, 11) is 0. The van der Waals surface area contributed by atoms with Gasteiger partial charge in [0.2, 0.25) is 0 Å². The molecule has 0 saturated heterocycles. The van der Waals surface area contributed by atoms with Gasteiger partial charge in [-0.15, -0.1) is 11.8 Å². The van der Waals surface area contributed by atoms with Crippen LogP contribution >= 0.6 is 0 Å². The second-order valence-electron chi connectivity index (χ2n) is 7.84. The lowest BCUT2D eigenvalue weighted by Crippen LogP contribution is -2.28. The van der Waals surface area contributed by atoms with E-state index >= 15 is 0 Å². The van der Waals surface area contributed by atoms with Gasteiger partial charge in [0.1, 0.15) is 5.78 Å². The molecule has 0 aliphatic heterocycles. The monoisotopic (exact) mass is 376 g/mol. The molecular formula is C22H32O5. The Labute approximate surface area is 162 Å². The van der Waals surface area contributed by atoms with Crippen molar-refractivity contribution in [2.75, 3.05) is 0 Å². The van der Waals surface area contributed by atoms with Crippen molar-refractivity contribution in [3.8, 4) is 11.8 Å². The van der Waals surface area contributed by atoms with E-state index in [1.807, 2.05) is 26.0 Å². The van der Waals surface area contributed by atoms with E-state index in [-0.39, 0.29) is 30.5 Å². The number of aliphatic carboxylic acids is 1. The summed E-state index contributed by atoms with van der Waals surface area (Å²) >= 11 is 0. The number of carbonyl (C=O) groups excluding carboxylic acids is 1. The Bertz CT molecular complexity index is 620. The molecule has 5 heteroatoms. The maximum atomic E-state index is 12.2. The maximum Gasteiger partial charge on any atom is 0.303 e. The molecule has 1 fully saturated rings. The van der Waals surface area contributed by atoms with Crippen molar-refractivity contribution in [1.29, 1.82) is 0 Å². The molecule has 27 heavy (non-hydrogen) atoms. The van der Waals surface area contributed by atoms with E-state index < -0.39 is 23.6 Å². The van der Waals surface area contributed by atoms with Crippen LogP contribution in [0.1, 0.15) is 59.3 Å². The van der Waals surface area contributed by atoms with Gasteiger partial charge in [-0.25, -0.2) is 0 Å². The molecule has 1 rings (SSSR count). The van der Waals surface area contributed by atoms with Gasteiger partial charge < -0.3 is 15.3 Å². The third-order valence-electron chi connectivity index (χ3n) is 5.09. The van der Waals surface area contributed by atoms with Crippen LogP contribution in [0.15, 0.2) is 24.3 Å². The van der Waals surface area contributed by atoms with Crippen LogP contribution < -0.4 is 0 Å². The zero-order chi connectivity index (χ0) is 20.4. The van der Waals surface area contributed by atoms with Gasteiger partial charge in [0.15, 0.2) is 0 Å². The van der Waals surface area contributed by atoms with Crippen molar-refractivity contribution in [3.63, 3.8) is 0 Å². The van der Waals surface area contributed by atoms with Gasteiger partial charge >= 0.3 is 5.97 Å². The molecule has 3 N–H and O–H groups in total. The topological polar surface area (TPSA) is 94.8 Å². The number of carboxylic acids is 1. The predicted molar refractivity (Wildman–Crippen MR) is 105 cm³/mol. The Morgan fingerprint density at radius 1 is 1.37 bits per heavy atom. The lowest BCUT2D eigenvalue weighted by Gasteiger charge is -2.27. The number of unbranched alkanes of at least 4 members (excludes halogenated alkanes) is 1. The molecule has 1 aliphatic carbocycles.